The first-order valence-electron chi connectivity index (χ1n) is 16.2. The maximum Gasteiger partial charge on any atom is 0.451 e. The summed E-state index contributed by atoms with van der Waals surface area (Å²) in [5.74, 6) is -3.02. The van der Waals surface area contributed by atoms with Crippen molar-refractivity contribution in [3.05, 3.63) is 82.0 Å². The number of fused-ring (bicyclic) bond motifs is 2. The predicted octanol–water partition coefficient (Wildman–Crippen LogP) is 5.67. The molecule has 2 fully saturated rings. The molecular weight excluding hydrogens is 701 g/mol. The Morgan fingerprint density at radius 2 is 1.80 bits per heavy atom. The summed E-state index contributed by atoms with van der Waals surface area (Å²) in [4.78, 5) is 13.8. The van der Waals surface area contributed by atoms with Gasteiger partial charge in [0.15, 0.2) is 17.4 Å². The molecule has 5 aromatic rings. The van der Waals surface area contributed by atoms with Gasteiger partial charge in [-0.3, -0.25) is 9.88 Å². The summed E-state index contributed by atoms with van der Waals surface area (Å²) in [6, 6.07) is 8.85. The van der Waals surface area contributed by atoms with Gasteiger partial charge in [-0.2, -0.15) is 13.2 Å². The summed E-state index contributed by atoms with van der Waals surface area (Å²) < 4.78 is 89.5. The Morgan fingerprint density at radius 3 is 2.48 bits per heavy atom. The van der Waals surface area contributed by atoms with Gasteiger partial charge in [-0.15, -0.1) is 10.2 Å². The molecular formula is C33H31ClF5N7O3Si. The van der Waals surface area contributed by atoms with Crippen LogP contribution in [-0.2, 0) is 29.8 Å². The maximum absolute atomic E-state index is 15.0. The first-order valence-corrected chi connectivity index (χ1v) is 17.5. The topological polar surface area (TPSA) is 103 Å². The van der Waals surface area contributed by atoms with E-state index in [1.165, 1.54) is 24.3 Å². The molecule has 3 aliphatic rings. The van der Waals surface area contributed by atoms with Crippen LogP contribution in [0.2, 0.25) is 5.02 Å². The van der Waals surface area contributed by atoms with Gasteiger partial charge in [0, 0.05) is 40.9 Å². The molecule has 3 aliphatic heterocycles. The standard InChI is InChI=1S/C33H31ClF5N7O3Si/c1-31(20-4-2-18(34)12-22(20)36)48-27-19(3-5-21(35)28(27)49-31)17-6-9-45(10-7-17)15-26-41-23-13-24(29-42-30(44-43-29)33(37,38)39)40-14-25(23)46(26)16-32(50)8-11-47-32/h2-5,12-14,17H,6-11,15-16H2,1,50H3,(H,42,43,44)/t31?,32-/m1/s1. The zero-order chi connectivity index (χ0) is 35.0. The van der Waals surface area contributed by atoms with Crippen LogP contribution in [0.1, 0.15) is 54.9 Å². The van der Waals surface area contributed by atoms with Crippen molar-refractivity contribution in [3.8, 4) is 23.0 Å². The third-order valence-corrected chi connectivity index (χ3v) is 11.1. The fourth-order valence-electron chi connectivity index (χ4n) is 6.97. The van der Waals surface area contributed by atoms with Crippen LogP contribution in [0.15, 0.2) is 42.6 Å². The molecule has 6 heterocycles. The molecule has 0 aliphatic carbocycles. The molecule has 0 radical (unpaired) electrons. The highest BCUT2D eigenvalue weighted by Gasteiger charge is 2.45. The van der Waals surface area contributed by atoms with E-state index in [2.05, 4.69) is 29.6 Å². The molecule has 0 amide bonds. The lowest BCUT2D eigenvalue weighted by atomic mass is 9.88. The van der Waals surface area contributed by atoms with E-state index in [9.17, 15) is 17.6 Å². The van der Waals surface area contributed by atoms with Gasteiger partial charge in [-0.05, 0) is 68.6 Å². The SMILES string of the molecule is CC1(c2ccc(Cl)cc2F)Oc2c(F)ccc(C3CCN(Cc4nc5cc(-c6nnc(C(F)(F)F)[nH]6)ncc5n4C[C@]4([SiH3])CCO4)CC3)c2O1. The molecule has 2 saturated heterocycles. The Hall–Kier alpha value is -4.12. The highest BCUT2D eigenvalue weighted by molar-refractivity contribution is 6.30. The number of rotatable bonds is 7. The van der Waals surface area contributed by atoms with Crippen molar-refractivity contribution in [3.63, 3.8) is 0 Å². The zero-order valence-electron chi connectivity index (χ0n) is 27.0. The molecule has 3 aromatic heterocycles. The Kier molecular flexibility index (Phi) is 7.93. The van der Waals surface area contributed by atoms with Gasteiger partial charge < -0.3 is 23.8 Å². The van der Waals surface area contributed by atoms with Crippen molar-refractivity contribution in [2.75, 3.05) is 19.7 Å². The number of aromatic amines is 1. The van der Waals surface area contributed by atoms with Gasteiger partial charge in [0.2, 0.25) is 11.6 Å². The molecule has 0 spiro atoms. The summed E-state index contributed by atoms with van der Waals surface area (Å²) in [7, 11) is 0.807. The van der Waals surface area contributed by atoms with Gasteiger partial charge >= 0.3 is 6.18 Å². The number of likely N-dealkylation sites (tertiary alicyclic amines) is 1. The highest BCUT2D eigenvalue weighted by atomic mass is 35.5. The number of ether oxygens (including phenoxy) is 3. The van der Waals surface area contributed by atoms with Crippen molar-refractivity contribution in [1.29, 1.82) is 0 Å². The molecule has 0 bridgehead atoms. The minimum absolute atomic E-state index is 0.0315. The quantitative estimate of drug-likeness (QED) is 0.169. The first-order chi connectivity index (χ1) is 23.8. The minimum Gasteiger partial charge on any atom is -0.444 e. The van der Waals surface area contributed by atoms with E-state index in [-0.39, 0.29) is 44.7 Å². The Labute approximate surface area is 290 Å². The third kappa shape index (κ3) is 5.91. The molecule has 1 unspecified atom stereocenters. The number of nitrogens with one attached hydrogen (secondary N) is 1. The van der Waals surface area contributed by atoms with E-state index in [4.69, 9.17) is 30.8 Å². The van der Waals surface area contributed by atoms with E-state index < -0.39 is 29.4 Å². The average molecular weight is 732 g/mol. The van der Waals surface area contributed by atoms with E-state index in [0.29, 0.717) is 38.3 Å². The lowest BCUT2D eigenvalue weighted by Crippen LogP contribution is -2.48. The number of hydrogen-bond acceptors (Lipinski definition) is 8. The Bertz CT molecular complexity index is 2120. The van der Waals surface area contributed by atoms with Crippen LogP contribution < -0.4 is 9.47 Å². The summed E-state index contributed by atoms with van der Waals surface area (Å²) in [6.45, 7) is 4.77. The molecule has 262 valence electrons. The number of hydrogen-bond donors (Lipinski definition) is 1. The third-order valence-electron chi connectivity index (χ3n) is 9.79. The van der Waals surface area contributed by atoms with Crippen molar-refractivity contribution in [2.24, 2.45) is 0 Å². The number of aromatic nitrogens is 6. The summed E-state index contributed by atoms with van der Waals surface area (Å²) >= 11 is 5.95. The number of benzene rings is 2. The zero-order valence-corrected chi connectivity index (χ0v) is 29.7. The van der Waals surface area contributed by atoms with E-state index in [1.807, 2.05) is 0 Å². The highest BCUT2D eigenvalue weighted by Crippen LogP contribution is 2.51. The number of nitrogens with zero attached hydrogens (tertiary/aromatic N) is 6. The molecule has 17 heteroatoms. The average Bonchev–Trinajstić information content (AvgIpc) is 3.77. The molecule has 10 nitrogen and oxygen atoms in total. The second-order valence-electron chi connectivity index (χ2n) is 13.4. The van der Waals surface area contributed by atoms with E-state index in [0.717, 1.165) is 46.4 Å². The molecule has 50 heavy (non-hydrogen) atoms. The van der Waals surface area contributed by atoms with Crippen LogP contribution in [0.25, 0.3) is 22.6 Å². The summed E-state index contributed by atoms with van der Waals surface area (Å²) in [5, 5.41) is 6.85. The van der Waals surface area contributed by atoms with Crippen molar-refractivity contribution in [1.82, 2.24) is 34.6 Å². The number of halogens is 6. The first kappa shape index (κ1) is 33.0. The predicted molar refractivity (Wildman–Crippen MR) is 175 cm³/mol. The number of alkyl halides is 3. The largest absolute Gasteiger partial charge is 0.451 e. The Morgan fingerprint density at radius 1 is 1.04 bits per heavy atom. The monoisotopic (exact) mass is 731 g/mol. The van der Waals surface area contributed by atoms with Crippen LogP contribution in [0, 0.1) is 11.6 Å². The summed E-state index contributed by atoms with van der Waals surface area (Å²) in [6.07, 6.45) is -0.645. The summed E-state index contributed by atoms with van der Waals surface area (Å²) in [5.41, 5.74) is 2.43. The minimum atomic E-state index is -4.66. The number of imidazole rings is 1. The Balaban J connectivity index is 1.02. The number of H-pyrrole nitrogens is 1. The van der Waals surface area contributed by atoms with Crippen molar-refractivity contribution >= 4 is 32.9 Å². The van der Waals surface area contributed by atoms with Crippen molar-refractivity contribution in [2.45, 2.75) is 62.4 Å². The fraction of sp³-hybridized carbons (Fsp3) is 0.394. The lowest BCUT2D eigenvalue weighted by molar-refractivity contribution is -0.144. The molecule has 2 atom stereocenters. The molecule has 2 aromatic carbocycles. The smallest absolute Gasteiger partial charge is 0.444 e. The normalized spacial score (nSPS) is 22.8. The van der Waals surface area contributed by atoms with Crippen LogP contribution in [0.4, 0.5) is 22.0 Å². The van der Waals surface area contributed by atoms with Gasteiger partial charge in [-0.1, -0.05) is 17.7 Å². The number of piperidine rings is 1. The second kappa shape index (κ2) is 12.0. The van der Waals surface area contributed by atoms with Crippen molar-refractivity contribution < 1.29 is 36.2 Å². The maximum atomic E-state index is 15.0. The van der Waals surface area contributed by atoms with Gasteiger partial charge in [0.05, 0.1) is 34.6 Å². The van der Waals surface area contributed by atoms with Crippen LogP contribution in [-0.4, -0.2) is 69.8 Å². The molecule has 8 rings (SSSR count). The second-order valence-corrected chi connectivity index (χ2v) is 15.6. The fourth-order valence-corrected chi connectivity index (χ4v) is 7.85. The lowest BCUT2D eigenvalue weighted by Gasteiger charge is -2.40. The van der Waals surface area contributed by atoms with E-state index in [1.54, 1.807) is 25.3 Å². The van der Waals surface area contributed by atoms with Crippen LogP contribution in [0.5, 0.6) is 11.5 Å². The van der Waals surface area contributed by atoms with Crippen LogP contribution >= 0.6 is 11.6 Å². The van der Waals surface area contributed by atoms with Gasteiger partial charge in [0.1, 0.15) is 17.3 Å². The molecule has 1 N–H and O–H groups in total. The van der Waals surface area contributed by atoms with E-state index >= 15 is 4.39 Å². The van der Waals surface area contributed by atoms with Crippen LogP contribution in [0.3, 0.4) is 0 Å². The van der Waals surface area contributed by atoms with Gasteiger partial charge in [0.25, 0.3) is 5.79 Å². The number of pyridine rings is 1. The molecule has 0 saturated carbocycles. The van der Waals surface area contributed by atoms with Gasteiger partial charge in [-0.25, -0.2) is 13.8 Å².